The van der Waals surface area contributed by atoms with Gasteiger partial charge in [-0.1, -0.05) is 20.0 Å². The summed E-state index contributed by atoms with van der Waals surface area (Å²) >= 11 is 0. The van der Waals surface area contributed by atoms with E-state index in [4.69, 9.17) is 0 Å². The van der Waals surface area contributed by atoms with Crippen LogP contribution < -0.4 is 10.4 Å². The molecule has 0 aliphatic rings. The lowest BCUT2D eigenvalue weighted by Gasteiger charge is -2.00. The van der Waals surface area contributed by atoms with E-state index in [-0.39, 0.29) is 6.61 Å². The zero-order valence-electron chi connectivity index (χ0n) is 5.52. The Morgan fingerprint density at radius 1 is 1.38 bits per heavy atom. The molecule has 0 heterocycles. The average Bonchev–Trinajstić information content (AvgIpc) is 1.81. The summed E-state index contributed by atoms with van der Waals surface area (Å²) in [6, 6.07) is 0. The van der Waals surface area contributed by atoms with Gasteiger partial charge >= 0.3 is 0 Å². The molecule has 8 heavy (non-hydrogen) atoms. The van der Waals surface area contributed by atoms with E-state index in [0.717, 1.165) is 13.1 Å². The fourth-order valence-corrected chi connectivity index (χ4v) is 0.576. The molecule has 0 aromatic rings. The molecule has 2 nitrogen and oxygen atoms in total. The first-order chi connectivity index (χ1) is 3.91. The van der Waals surface area contributed by atoms with Crippen molar-refractivity contribution in [2.75, 3.05) is 19.7 Å². The zero-order valence-corrected chi connectivity index (χ0v) is 5.52. The van der Waals surface area contributed by atoms with Gasteiger partial charge in [0.05, 0.1) is 13.1 Å². The molecule has 0 radical (unpaired) electrons. The van der Waals surface area contributed by atoms with Crippen LogP contribution in [0.1, 0.15) is 19.8 Å². The Kier molecular flexibility index (Phi) is 6.85. The number of rotatable bonds is 5. The van der Waals surface area contributed by atoms with Gasteiger partial charge in [0.2, 0.25) is 0 Å². The quantitative estimate of drug-likeness (QED) is 0.447. The van der Waals surface area contributed by atoms with Crippen LogP contribution in [0.4, 0.5) is 0 Å². The summed E-state index contributed by atoms with van der Waals surface area (Å²) in [5.41, 5.74) is 0. The van der Waals surface area contributed by atoms with Crippen LogP contribution in [-0.4, -0.2) is 19.7 Å². The van der Waals surface area contributed by atoms with Gasteiger partial charge in [0.25, 0.3) is 0 Å². The topological polar surface area (TPSA) is 39.7 Å². The van der Waals surface area contributed by atoms with Gasteiger partial charge in [-0.15, -0.1) is 0 Å². The molecular formula is C6H15NO. The second-order valence-electron chi connectivity index (χ2n) is 1.92. The first-order valence-electron chi connectivity index (χ1n) is 3.31. The first-order valence-corrected chi connectivity index (χ1v) is 3.31. The molecule has 0 aromatic heterocycles. The van der Waals surface area contributed by atoms with Crippen LogP contribution in [0.15, 0.2) is 0 Å². The van der Waals surface area contributed by atoms with E-state index in [2.05, 4.69) is 12.2 Å². The Labute approximate surface area is 50.9 Å². The lowest BCUT2D eigenvalue weighted by molar-refractivity contribution is -0.670. The van der Waals surface area contributed by atoms with Gasteiger partial charge in [0.1, 0.15) is 0 Å². The minimum Gasteiger partial charge on any atom is -0.850 e. The standard InChI is InChI=1S/C6H14NO/c1-2-3-4-7-5-6-8/h7H,2-6H2,1H3/q-1/p+1. The van der Waals surface area contributed by atoms with Crippen molar-refractivity contribution < 1.29 is 10.4 Å². The molecule has 0 aliphatic carbocycles. The second kappa shape index (κ2) is 6.92. The highest BCUT2D eigenvalue weighted by Gasteiger charge is 1.82. The third-order valence-corrected chi connectivity index (χ3v) is 1.08. The number of quaternary nitrogens is 1. The molecule has 2 heteroatoms. The minimum atomic E-state index is 0.0592. The highest BCUT2D eigenvalue weighted by Crippen LogP contribution is 1.76. The Hall–Kier alpha value is -0.0800. The third-order valence-electron chi connectivity index (χ3n) is 1.08. The molecular weight excluding hydrogens is 102 g/mol. The van der Waals surface area contributed by atoms with Gasteiger partial charge in [-0.3, -0.25) is 0 Å². The van der Waals surface area contributed by atoms with Crippen molar-refractivity contribution in [2.24, 2.45) is 0 Å². The van der Waals surface area contributed by atoms with E-state index in [0.29, 0.717) is 0 Å². The fraction of sp³-hybridized carbons (Fsp3) is 1.00. The molecule has 2 N–H and O–H groups in total. The molecule has 0 rings (SSSR count). The summed E-state index contributed by atoms with van der Waals surface area (Å²) in [6.45, 7) is 4.09. The lowest BCUT2D eigenvalue weighted by Crippen LogP contribution is -2.85. The van der Waals surface area contributed by atoms with Crippen LogP contribution in [-0.2, 0) is 0 Å². The highest BCUT2D eigenvalue weighted by molar-refractivity contribution is 4.25. The van der Waals surface area contributed by atoms with Crippen LogP contribution in [0.2, 0.25) is 0 Å². The number of unbranched alkanes of at least 4 members (excludes halogenated alkanes) is 1. The normalized spacial score (nSPS) is 9.75. The van der Waals surface area contributed by atoms with E-state index >= 15 is 0 Å². The molecule has 0 aromatic carbocycles. The fourth-order valence-electron chi connectivity index (χ4n) is 0.576. The maximum atomic E-state index is 9.86. The molecule has 0 saturated heterocycles. The first kappa shape index (κ1) is 7.92. The van der Waals surface area contributed by atoms with Crippen molar-refractivity contribution in [1.29, 1.82) is 0 Å². The van der Waals surface area contributed by atoms with Crippen molar-refractivity contribution >= 4 is 0 Å². The van der Waals surface area contributed by atoms with Crippen LogP contribution in [0.5, 0.6) is 0 Å². The van der Waals surface area contributed by atoms with Crippen molar-refractivity contribution in [3.63, 3.8) is 0 Å². The van der Waals surface area contributed by atoms with E-state index in [1.165, 1.54) is 12.8 Å². The second-order valence-corrected chi connectivity index (χ2v) is 1.92. The summed E-state index contributed by atoms with van der Waals surface area (Å²) in [5, 5.41) is 11.9. The predicted octanol–water partition coefficient (Wildman–Crippen LogP) is -1.29. The number of hydrogen-bond acceptors (Lipinski definition) is 1. The zero-order chi connectivity index (χ0) is 6.24. The largest absolute Gasteiger partial charge is 0.850 e. The molecule has 0 amide bonds. The Bertz CT molecular complexity index is 33.5. The van der Waals surface area contributed by atoms with Crippen LogP contribution in [0.3, 0.4) is 0 Å². The predicted molar refractivity (Wildman–Crippen MR) is 31.4 cm³/mol. The van der Waals surface area contributed by atoms with E-state index in [1.807, 2.05) is 0 Å². The highest BCUT2D eigenvalue weighted by atomic mass is 16.3. The van der Waals surface area contributed by atoms with Gasteiger partial charge in [0.15, 0.2) is 0 Å². The SMILES string of the molecule is CCCC[NH2+]CC[O-]. The van der Waals surface area contributed by atoms with Gasteiger partial charge in [-0.25, -0.2) is 0 Å². The van der Waals surface area contributed by atoms with E-state index in [1.54, 1.807) is 0 Å². The number of hydrogen-bond donors (Lipinski definition) is 1. The molecule has 50 valence electrons. The Balaban J connectivity index is 2.53. The minimum absolute atomic E-state index is 0.0592. The van der Waals surface area contributed by atoms with Crippen LogP contribution in [0.25, 0.3) is 0 Å². The maximum Gasteiger partial charge on any atom is 0.0754 e. The van der Waals surface area contributed by atoms with Crippen molar-refractivity contribution in [2.45, 2.75) is 19.8 Å². The Morgan fingerprint density at radius 3 is 2.62 bits per heavy atom. The van der Waals surface area contributed by atoms with Crippen molar-refractivity contribution in [3.8, 4) is 0 Å². The third kappa shape index (κ3) is 5.92. The maximum absolute atomic E-state index is 9.86. The van der Waals surface area contributed by atoms with E-state index in [9.17, 15) is 5.11 Å². The molecule has 0 fully saturated rings. The van der Waals surface area contributed by atoms with E-state index < -0.39 is 0 Å². The smallest absolute Gasteiger partial charge is 0.0754 e. The molecule has 0 spiro atoms. The molecule has 0 aliphatic heterocycles. The van der Waals surface area contributed by atoms with Crippen LogP contribution in [0, 0.1) is 0 Å². The monoisotopic (exact) mass is 117 g/mol. The van der Waals surface area contributed by atoms with Gasteiger partial charge < -0.3 is 10.4 Å². The summed E-state index contributed by atoms with van der Waals surface area (Å²) in [5.74, 6) is 0. The van der Waals surface area contributed by atoms with Gasteiger partial charge in [-0.2, -0.15) is 0 Å². The lowest BCUT2D eigenvalue weighted by atomic mass is 10.3. The van der Waals surface area contributed by atoms with Gasteiger partial charge in [-0.05, 0) is 6.42 Å². The number of nitrogens with two attached hydrogens (primary N) is 1. The molecule has 0 saturated carbocycles. The van der Waals surface area contributed by atoms with Gasteiger partial charge in [0, 0.05) is 0 Å². The summed E-state index contributed by atoms with van der Waals surface area (Å²) in [7, 11) is 0. The summed E-state index contributed by atoms with van der Waals surface area (Å²) < 4.78 is 0. The molecule has 0 unspecified atom stereocenters. The molecule has 0 bridgehead atoms. The summed E-state index contributed by atoms with van der Waals surface area (Å²) in [4.78, 5) is 0. The Morgan fingerprint density at radius 2 is 2.12 bits per heavy atom. The van der Waals surface area contributed by atoms with Crippen molar-refractivity contribution in [3.05, 3.63) is 0 Å². The van der Waals surface area contributed by atoms with Crippen LogP contribution >= 0.6 is 0 Å². The summed E-state index contributed by atoms with van der Waals surface area (Å²) in [6.07, 6.45) is 2.47. The average molecular weight is 117 g/mol. The molecule has 0 atom stereocenters. The van der Waals surface area contributed by atoms with Crippen molar-refractivity contribution in [1.82, 2.24) is 0 Å².